The van der Waals surface area contributed by atoms with Crippen molar-refractivity contribution < 1.29 is 4.74 Å². The van der Waals surface area contributed by atoms with E-state index in [0.717, 1.165) is 30.1 Å². The van der Waals surface area contributed by atoms with Crippen LogP contribution in [0.2, 0.25) is 0 Å². The number of hydrogen-bond acceptors (Lipinski definition) is 4. The molecule has 23 heavy (non-hydrogen) atoms. The Bertz CT molecular complexity index is 533. The summed E-state index contributed by atoms with van der Waals surface area (Å²) < 4.78 is 5.77. The number of aliphatic imine (C=N–C) groups is 1. The Morgan fingerprint density at radius 2 is 2.04 bits per heavy atom. The molecule has 8 heteroatoms. The SMILES string of the molecule is NC(=NC(=S)Nc1ccc(OCCN2CCCC2)cc1)SCP. The second-order valence-electron chi connectivity index (χ2n) is 5.11. The van der Waals surface area contributed by atoms with Gasteiger partial charge in [-0.2, -0.15) is 4.99 Å². The number of amidine groups is 1. The summed E-state index contributed by atoms with van der Waals surface area (Å²) in [5.74, 6) is 0.863. The topological polar surface area (TPSA) is 62.9 Å². The van der Waals surface area contributed by atoms with Crippen molar-refractivity contribution in [2.75, 3.05) is 37.1 Å². The van der Waals surface area contributed by atoms with Gasteiger partial charge in [0, 0.05) is 17.7 Å². The van der Waals surface area contributed by atoms with Crippen molar-refractivity contribution in [2.24, 2.45) is 10.7 Å². The molecule has 1 unspecified atom stereocenters. The van der Waals surface area contributed by atoms with E-state index in [2.05, 4.69) is 24.4 Å². The first kappa shape index (κ1) is 18.5. The Morgan fingerprint density at radius 3 is 2.70 bits per heavy atom. The van der Waals surface area contributed by atoms with Gasteiger partial charge in [-0.05, 0) is 62.4 Å². The van der Waals surface area contributed by atoms with Crippen molar-refractivity contribution in [3.05, 3.63) is 24.3 Å². The smallest absolute Gasteiger partial charge is 0.199 e. The quantitative estimate of drug-likeness (QED) is 0.347. The highest BCUT2D eigenvalue weighted by atomic mass is 32.2. The van der Waals surface area contributed by atoms with Gasteiger partial charge in [-0.25, -0.2) is 0 Å². The van der Waals surface area contributed by atoms with E-state index < -0.39 is 0 Å². The maximum Gasteiger partial charge on any atom is 0.199 e. The molecule has 2 rings (SSSR count). The number of nitrogens with zero attached hydrogens (tertiary/aromatic N) is 2. The van der Waals surface area contributed by atoms with Gasteiger partial charge in [-0.3, -0.25) is 4.90 Å². The summed E-state index contributed by atoms with van der Waals surface area (Å²) in [4.78, 5) is 6.54. The standard InChI is InChI=1S/C15H23N4OPS2/c16-14(23-11-21)18-15(22)17-12-3-5-13(6-4-12)20-10-9-19-7-1-2-8-19/h3-6H,1-2,7-11,21H2,(H3,16,17,18,22). The molecule has 1 aromatic rings. The summed E-state index contributed by atoms with van der Waals surface area (Å²) in [5, 5.41) is 3.85. The summed E-state index contributed by atoms with van der Waals surface area (Å²) >= 11 is 6.59. The molecule has 1 aromatic carbocycles. The second kappa shape index (κ2) is 10.1. The zero-order chi connectivity index (χ0) is 16.5. The zero-order valence-electron chi connectivity index (χ0n) is 13.0. The molecule has 1 heterocycles. The van der Waals surface area contributed by atoms with Gasteiger partial charge in [0.05, 0.1) is 0 Å². The first-order chi connectivity index (χ1) is 11.2. The molecule has 1 fully saturated rings. The van der Waals surface area contributed by atoms with E-state index in [9.17, 15) is 0 Å². The molecule has 3 N–H and O–H groups in total. The molecule has 0 amide bonds. The highest BCUT2D eigenvalue weighted by Crippen LogP contribution is 2.16. The number of anilines is 1. The van der Waals surface area contributed by atoms with E-state index in [-0.39, 0.29) is 0 Å². The van der Waals surface area contributed by atoms with Gasteiger partial charge in [0.15, 0.2) is 10.3 Å². The van der Waals surface area contributed by atoms with Crippen molar-refractivity contribution in [3.63, 3.8) is 0 Å². The lowest BCUT2D eigenvalue weighted by Gasteiger charge is -2.15. The number of nitrogens with two attached hydrogens (primary N) is 1. The molecule has 1 aliphatic heterocycles. The predicted molar refractivity (Wildman–Crippen MR) is 108 cm³/mol. The molecule has 0 radical (unpaired) electrons. The lowest BCUT2D eigenvalue weighted by atomic mass is 10.3. The van der Waals surface area contributed by atoms with Crippen LogP contribution in [0.1, 0.15) is 12.8 Å². The second-order valence-corrected chi connectivity index (χ2v) is 7.54. The minimum absolute atomic E-state index is 0.358. The molecule has 5 nitrogen and oxygen atoms in total. The third-order valence-electron chi connectivity index (χ3n) is 3.42. The molecule has 0 spiro atoms. The van der Waals surface area contributed by atoms with Crippen LogP contribution in [0.5, 0.6) is 5.75 Å². The van der Waals surface area contributed by atoms with Crippen molar-refractivity contribution in [2.45, 2.75) is 12.8 Å². The van der Waals surface area contributed by atoms with Crippen molar-refractivity contribution in [3.8, 4) is 5.75 Å². The largest absolute Gasteiger partial charge is 0.492 e. The molecule has 0 aromatic heterocycles. The van der Waals surface area contributed by atoms with Crippen molar-refractivity contribution >= 4 is 49.2 Å². The number of nitrogens with one attached hydrogen (secondary N) is 1. The van der Waals surface area contributed by atoms with Crippen LogP contribution >= 0.6 is 33.2 Å². The van der Waals surface area contributed by atoms with Crippen LogP contribution in [0.25, 0.3) is 0 Å². The molecule has 1 aliphatic rings. The molecular weight excluding hydrogens is 347 g/mol. The maximum absolute atomic E-state index is 5.77. The van der Waals surface area contributed by atoms with Gasteiger partial charge in [-0.1, -0.05) is 11.8 Å². The average Bonchev–Trinajstić information content (AvgIpc) is 3.02. The predicted octanol–water partition coefficient (Wildman–Crippen LogP) is 2.74. The van der Waals surface area contributed by atoms with E-state index in [4.69, 9.17) is 22.7 Å². The maximum atomic E-state index is 5.77. The van der Waals surface area contributed by atoms with Gasteiger partial charge in [-0.15, -0.1) is 9.24 Å². The third kappa shape index (κ3) is 7.04. The van der Waals surface area contributed by atoms with E-state index in [1.807, 2.05) is 24.3 Å². The normalized spacial score (nSPS) is 15.6. The molecular formula is C15H23N4OPS2. The molecule has 1 saturated heterocycles. The first-order valence-electron chi connectivity index (χ1n) is 7.60. The van der Waals surface area contributed by atoms with E-state index >= 15 is 0 Å². The van der Waals surface area contributed by atoms with Crippen LogP contribution in [-0.4, -0.2) is 46.9 Å². The number of hydrogen-bond donors (Lipinski definition) is 2. The lowest BCUT2D eigenvalue weighted by molar-refractivity contribution is 0.238. The number of benzene rings is 1. The molecule has 0 aliphatic carbocycles. The number of rotatable bonds is 6. The van der Waals surface area contributed by atoms with Crippen LogP contribution in [0.15, 0.2) is 29.3 Å². The Hall–Kier alpha value is -0.880. The molecule has 126 valence electrons. The minimum atomic E-state index is 0.358. The Morgan fingerprint density at radius 1 is 1.35 bits per heavy atom. The van der Waals surface area contributed by atoms with Crippen LogP contribution in [0.4, 0.5) is 5.69 Å². The number of likely N-dealkylation sites (tertiary alicyclic amines) is 1. The molecule has 1 atom stereocenters. The van der Waals surface area contributed by atoms with E-state index in [1.165, 1.54) is 37.7 Å². The number of thioether (sulfide) groups is 1. The van der Waals surface area contributed by atoms with Gasteiger partial charge < -0.3 is 15.8 Å². The number of ether oxygens (including phenoxy) is 1. The highest BCUT2D eigenvalue weighted by Gasteiger charge is 2.10. The number of thiocarbonyl (C=S) groups is 1. The summed E-state index contributed by atoms with van der Waals surface area (Å²) in [6, 6.07) is 7.71. The monoisotopic (exact) mass is 370 g/mol. The fourth-order valence-electron chi connectivity index (χ4n) is 2.30. The summed E-state index contributed by atoms with van der Waals surface area (Å²) in [6.45, 7) is 4.11. The Kier molecular flexibility index (Phi) is 8.09. The first-order valence-corrected chi connectivity index (χ1v) is 9.81. The molecule has 0 bridgehead atoms. The summed E-state index contributed by atoms with van der Waals surface area (Å²) in [7, 11) is 2.58. The van der Waals surface area contributed by atoms with Crippen molar-refractivity contribution in [1.82, 2.24) is 4.90 Å². The van der Waals surface area contributed by atoms with Gasteiger partial charge in [0.1, 0.15) is 12.4 Å². The van der Waals surface area contributed by atoms with Crippen molar-refractivity contribution in [1.29, 1.82) is 0 Å². The van der Waals surface area contributed by atoms with Crippen LogP contribution in [0, 0.1) is 0 Å². The fraction of sp³-hybridized carbons (Fsp3) is 0.467. The Balaban J connectivity index is 1.75. The van der Waals surface area contributed by atoms with Crippen LogP contribution in [-0.2, 0) is 0 Å². The fourth-order valence-corrected chi connectivity index (χ4v) is 3.42. The zero-order valence-corrected chi connectivity index (χ0v) is 15.8. The van der Waals surface area contributed by atoms with Gasteiger partial charge in [0.25, 0.3) is 0 Å². The van der Waals surface area contributed by atoms with E-state index in [0.29, 0.717) is 10.3 Å². The highest BCUT2D eigenvalue weighted by molar-refractivity contribution is 8.16. The van der Waals surface area contributed by atoms with Gasteiger partial charge in [0.2, 0.25) is 0 Å². The van der Waals surface area contributed by atoms with E-state index in [1.54, 1.807) is 0 Å². The lowest BCUT2D eigenvalue weighted by Crippen LogP contribution is -2.25. The summed E-state index contributed by atoms with van der Waals surface area (Å²) in [5.41, 5.74) is 7.38. The minimum Gasteiger partial charge on any atom is -0.492 e. The van der Waals surface area contributed by atoms with Gasteiger partial charge >= 0.3 is 0 Å². The summed E-state index contributed by atoms with van der Waals surface area (Å²) in [6.07, 6.45) is 2.62. The van der Waals surface area contributed by atoms with Crippen LogP contribution < -0.4 is 15.8 Å². The average molecular weight is 370 g/mol. The van der Waals surface area contributed by atoms with Crippen LogP contribution in [0.3, 0.4) is 0 Å². The molecule has 0 saturated carbocycles. The third-order valence-corrected chi connectivity index (χ3v) is 4.67. The Labute approximate surface area is 149 Å².